The first-order chi connectivity index (χ1) is 7.00. The van der Waals surface area contributed by atoms with Crippen molar-refractivity contribution in [2.24, 2.45) is 5.73 Å². The average Bonchev–Trinajstić information content (AvgIpc) is 2.08. The molecule has 1 heterocycles. The molecule has 0 unspecified atom stereocenters. The minimum atomic E-state index is -0.367. The van der Waals surface area contributed by atoms with Gasteiger partial charge in [-0.15, -0.1) is 0 Å². The number of amidine groups is 1. The lowest BCUT2D eigenvalue weighted by Crippen LogP contribution is -2.05. The number of anilines is 1. The van der Waals surface area contributed by atoms with E-state index in [-0.39, 0.29) is 29.1 Å². The fourth-order valence-corrected chi connectivity index (χ4v) is 0.887. The molecule has 7 nitrogen and oxygen atoms in total. The third kappa shape index (κ3) is 2.83. The van der Waals surface area contributed by atoms with Gasteiger partial charge in [0, 0.05) is 6.20 Å². The molecule has 7 heteroatoms. The second kappa shape index (κ2) is 4.27. The lowest BCUT2D eigenvalue weighted by atomic mass is 10.4. The Balaban J connectivity index is 2.90. The number of rotatable bonds is 3. The predicted octanol–water partition coefficient (Wildman–Crippen LogP) is 0.0578. The van der Waals surface area contributed by atoms with Crippen LogP contribution in [0.4, 0.5) is 5.69 Å². The van der Waals surface area contributed by atoms with Crippen LogP contribution in [0.3, 0.4) is 0 Å². The maximum absolute atomic E-state index is 9.34. The largest absolute Gasteiger partial charge is 0.492 e. The first-order valence-electron chi connectivity index (χ1n) is 4.04. The topological polar surface area (TPSA) is 128 Å². The zero-order valence-corrected chi connectivity index (χ0v) is 8.02. The van der Waals surface area contributed by atoms with Crippen molar-refractivity contribution in [3.05, 3.63) is 18.1 Å². The van der Waals surface area contributed by atoms with Gasteiger partial charge in [0.2, 0.25) is 11.8 Å². The molecule has 0 fully saturated rings. The molecule has 0 amide bonds. The van der Waals surface area contributed by atoms with E-state index in [0.29, 0.717) is 0 Å². The molecule has 1 rings (SSSR count). The minimum Gasteiger partial charge on any atom is -0.492 e. The first kappa shape index (κ1) is 10.8. The van der Waals surface area contributed by atoms with Crippen molar-refractivity contribution in [3.63, 3.8) is 0 Å². The summed E-state index contributed by atoms with van der Waals surface area (Å²) in [5, 5.41) is 28.1. The van der Waals surface area contributed by atoms with Crippen LogP contribution in [0.2, 0.25) is 0 Å². The lowest BCUT2D eigenvalue weighted by Gasteiger charge is -2.05. The van der Waals surface area contributed by atoms with Crippen LogP contribution in [0.15, 0.2) is 12.3 Å². The van der Waals surface area contributed by atoms with Crippen LogP contribution in [-0.4, -0.2) is 26.0 Å². The monoisotopic (exact) mass is 209 g/mol. The summed E-state index contributed by atoms with van der Waals surface area (Å²) >= 11 is 0. The van der Waals surface area contributed by atoms with Crippen molar-refractivity contribution in [2.75, 3.05) is 5.32 Å². The molecule has 1 aromatic heterocycles. The summed E-state index contributed by atoms with van der Waals surface area (Å²) in [5.74, 6) is -0.637. The number of nitrogens with one attached hydrogen (secondary N) is 2. The van der Waals surface area contributed by atoms with Crippen molar-refractivity contribution >= 4 is 11.5 Å². The number of aryl methyl sites for hydroxylation is 1. The molecule has 80 valence electrons. The summed E-state index contributed by atoms with van der Waals surface area (Å²) in [4.78, 5) is 7.27. The second-order valence-corrected chi connectivity index (χ2v) is 2.73. The molecule has 0 saturated carbocycles. The van der Waals surface area contributed by atoms with Crippen LogP contribution in [0, 0.1) is 12.3 Å². The third-order valence-electron chi connectivity index (χ3n) is 1.47. The number of nitrogens with zero attached hydrogens (tertiary/aromatic N) is 2. The maximum Gasteiger partial charge on any atom is 0.242 e. The van der Waals surface area contributed by atoms with E-state index in [1.54, 1.807) is 0 Å². The van der Waals surface area contributed by atoms with Crippen LogP contribution in [0.1, 0.15) is 5.82 Å². The van der Waals surface area contributed by atoms with Gasteiger partial charge in [0.15, 0.2) is 5.69 Å². The number of aromatic hydroxyl groups is 2. The van der Waals surface area contributed by atoms with Crippen LogP contribution in [0.25, 0.3) is 0 Å². The maximum atomic E-state index is 9.34. The molecular formula is C8H11N5O2. The number of aromatic nitrogens is 2. The van der Waals surface area contributed by atoms with Gasteiger partial charge in [-0.05, 0) is 13.0 Å². The van der Waals surface area contributed by atoms with Gasteiger partial charge in [0.05, 0.1) is 0 Å². The number of hydrogen-bond donors (Lipinski definition) is 5. The van der Waals surface area contributed by atoms with Crippen molar-refractivity contribution in [1.82, 2.24) is 9.97 Å². The summed E-state index contributed by atoms with van der Waals surface area (Å²) in [6, 6.07) is 0. The number of hydrogen-bond acceptors (Lipinski definition) is 6. The molecule has 0 saturated heterocycles. The molecule has 6 N–H and O–H groups in total. The van der Waals surface area contributed by atoms with E-state index in [1.807, 2.05) is 0 Å². The average molecular weight is 209 g/mol. The molecular weight excluding hydrogens is 198 g/mol. The highest BCUT2D eigenvalue weighted by Gasteiger charge is 2.09. The molecule has 0 aliphatic heterocycles. The standard InChI is InChI=1S/C8H11N5O2/c1-4-12-7(14)6(8(15)13-4)11-3-2-5(9)10/h2-3,11H,1H3,(H3,9,10)(H2,12,13,14,15)/b3-2-. The summed E-state index contributed by atoms with van der Waals surface area (Å²) in [6.45, 7) is 1.54. The minimum absolute atomic E-state index is 0.0295. The first-order valence-corrected chi connectivity index (χ1v) is 4.04. The highest BCUT2D eigenvalue weighted by molar-refractivity contribution is 5.88. The van der Waals surface area contributed by atoms with E-state index in [4.69, 9.17) is 11.1 Å². The summed E-state index contributed by atoms with van der Waals surface area (Å²) < 4.78 is 0. The van der Waals surface area contributed by atoms with E-state index in [1.165, 1.54) is 19.2 Å². The molecule has 0 aliphatic carbocycles. The van der Waals surface area contributed by atoms with E-state index >= 15 is 0 Å². The summed E-state index contributed by atoms with van der Waals surface area (Å²) in [5.41, 5.74) is 5.03. The van der Waals surface area contributed by atoms with E-state index < -0.39 is 0 Å². The van der Waals surface area contributed by atoms with Crippen molar-refractivity contribution in [3.8, 4) is 11.8 Å². The van der Waals surface area contributed by atoms with E-state index in [2.05, 4.69) is 15.3 Å². The van der Waals surface area contributed by atoms with Gasteiger partial charge in [0.25, 0.3) is 0 Å². The van der Waals surface area contributed by atoms with Gasteiger partial charge < -0.3 is 21.3 Å². The molecule has 0 spiro atoms. The molecule has 1 aromatic rings. The van der Waals surface area contributed by atoms with E-state index in [9.17, 15) is 10.2 Å². The van der Waals surface area contributed by atoms with Gasteiger partial charge >= 0.3 is 0 Å². The fraction of sp³-hybridized carbons (Fsp3) is 0.125. The highest BCUT2D eigenvalue weighted by Crippen LogP contribution is 2.28. The van der Waals surface area contributed by atoms with Gasteiger partial charge in [-0.2, -0.15) is 9.97 Å². The van der Waals surface area contributed by atoms with Crippen LogP contribution >= 0.6 is 0 Å². The SMILES string of the molecule is Cc1nc(O)c(N/C=C\C(=N)N)c(O)n1. The van der Waals surface area contributed by atoms with Gasteiger partial charge in [0.1, 0.15) is 11.7 Å². The third-order valence-corrected chi connectivity index (χ3v) is 1.47. The summed E-state index contributed by atoms with van der Waals surface area (Å²) in [6.07, 6.45) is 2.54. The molecule has 0 bridgehead atoms. The van der Waals surface area contributed by atoms with Gasteiger partial charge in [-0.3, -0.25) is 5.41 Å². The Labute approximate surface area is 85.8 Å². The van der Waals surface area contributed by atoms with Crippen LogP contribution < -0.4 is 11.1 Å². The van der Waals surface area contributed by atoms with Gasteiger partial charge in [-0.25, -0.2) is 0 Å². The Hall–Kier alpha value is -2.31. The van der Waals surface area contributed by atoms with E-state index in [0.717, 1.165) is 0 Å². The molecule has 0 radical (unpaired) electrons. The normalized spacial score (nSPS) is 10.5. The smallest absolute Gasteiger partial charge is 0.242 e. The molecule has 0 aromatic carbocycles. The summed E-state index contributed by atoms with van der Waals surface area (Å²) in [7, 11) is 0. The molecule has 0 atom stereocenters. The quantitative estimate of drug-likeness (QED) is 0.353. The highest BCUT2D eigenvalue weighted by atomic mass is 16.3. The van der Waals surface area contributed by atoms with Crippen LogP contribution in [-0.2, 0) is 0 Å². The van der Waals surface area contributed by atoms with Crippen LogP contribution in [0.5, 0.6) is 11.8 Å². The Morgan fingerprint density at radius 3 is 2.40 bits per heavy atom. The van der Waals surface area contributed by atoms with Crippen molar-refractivity contribution in [2.45, 2.75) is 6.92 Å². The van der Waals surface area contributed by atoms with Gasteiger partial charge in [-0.1, -0.05) is 0 Å². The predicted molar refractivity (Wildman–Crippen MR) is 54.8 cm³/mol. The Kier molecular flexibility index (Phi) is 3.06. The Bertz CT molecular complexity index is 392. The Morgan fingerprint density at radius 1 is 1.40 bits per heavy atom. The number of nitrogens with two attached hydrogens (primary N) is 1. The lowest BCUT2D eigenvalue weighted by molar-refractivity contribution is 0.423. The molecule has 15 heavy (non-hydrogen) atoms. The zero-order chi connectivity index (χ0) is 11.4. The fourth-order valence-electron chi connectivity index (χ4n) is 0.887. The zero-order valence-electron chi connectivity index (χ0n) is 8.02. The Morgan fingerprint density at radius 2 is 1.93 bits per heavy atom. The van der Waals surface area contributed by atoms with Crippen molar-refractivity contribution < 1.29 is 10.2 Å². The molecule has 0 aliphatic rings. The van der Waals surface area contributed by atoms with Crippen molar-refractivity contribution in [1.29, 1.82) is 5.41 Å². The second-order valence-electron chi connectivity index (χ2n) is 2.73.